The lowest BCUT2D eigenvalue weighted by Gasteiger charge is -2.16. The van der Waals surface area contributed by atoms with Crippen LogP contribution >= 0.6 is 0 Å². The molecule has 1 saturated heterocycles. The zero-order valence-electron chi connectivity index (χ0n) is 16.7. The van der Waals surface area contributed by atoms with Gasteiger partial charge in [-0.05, 0) is 36.2 Å². The number of ether oxygens (including phenoxy) is 2. The third-order valence-electron chi connectivity index (χ3n) is 5.16. The predicted octanol–water partition coefficient (Wildman–Crippen LogP) is 3.84. The van der Waals surface area contributed by atoms with Crippen LogP contribution in [-0.4, -0.2) is 36.8 Å². The van der Waals surface area contributed by atoms with Crippen molar-refractivity contribution in [3.05, 3.63) is 53.9 Å². The first kappa shape index (κ1) is 19.0. The minimum Gasteiger partial charge on any atom is -0.497 e. The van der Waals surface area contributed by atoms with Gasteiger partial charge in [0.05, 0.1) is 20.1 Å². The molecule has 2 heterocycles. The molecule has 7 heteroatoms. The van der Waals surface area contributed by atoms with E-state index in [-0.39, 0.29) is 11.8 Å². The highest BCUT2D eigenvalue weighted by molar-refractivity contribution is 5.96. The van der Waals surface area contributed by atoms with Crippen molar-refractivity contribution < 1.29 is 18.8 Å². The molecule has 1 unspecified atom stereocenters. The van der Waals surface area contributed by atoms with Crippen LogP contribution in [0.15, 0.2) is 47.0 Å². The van der Waals surface area contributed by atoms with Crippen molar-refractivity contribution in [2.24, 2.45) is 0 Å². The van der Waals surface area contributed by atoms with Gasteiger partial charge >= 0.3 is 0 Å². The second-order valence-corrected chi connectivity index (χ2v) is 6.99. The molecule has 1 aromatic heterocycles. The molecule has 3 aromatic rings. The number of benzene rings is 2. The lowest BCUT2D eigenvalue weighted by Crippen LogP contribution is -2.24. The second kappa shape index (κ2) is 7.95. The van der Waals surface area contributed by atoms with Gasteiger partial charge in [-0.3, -0.25) is 4.79 Å². The Kier molecular flexibility index (Phi) is 5.20. The Labute approximate surface area is 169 Å². The van der Waals surface area contributed by atoms with E-state index >= 15 is 0 Å². The minimum atomic E-state index is -0.137. The molecule has 2 aromatic carbocycles. The summed E-state index contributed by atoms with van der Waals surface area (Å²) in [7, 11) is 3.18. The molecule has 4 rings (SSSR count). The van der Waals surface area contributed by atoms with E-state index in [0.29, 0.717) is 36.2 Å². The molecule has 1 amide bonds. The Morgan fingerprint density at radius 3 is 2.59 bits per heavy atom. The number of carbonyl (C=O) groups excluding carboxylic acids is 1. The average Bonchev–Trinajstić information content (AvgIpc) is 3.40. The maximum absolute atomic E-state index is 12.6. The maximum Gasteiger partial charge on any atom is 0.232 e. The van der Waals surface area contributed by atoms with Gasteiger partial charge < -0.3 is 18.9 Å². The zero-order valence-corrected chi connectivity index (χ0v) is 16.7. The van der Waals surface area contributed by atoms with Crippen molar-refractivity contribution >= 4 is 11.6 Å². The average molecular weight is 393 g/mol. The van der Waals surface area contributed by atoms with Crippen LogP contribution in [0.25, 0.3) is 11.4 Å². The van der Waals surface area contributed by atoms with Crippen molar-refractivity contribution in [1.29, 1.82) is 0 Å². The highest BCUT2D eigenvalue weighted by atomic mass is 16.5. The SMILES string of the molecule is CCc1cccc(N2CC(c3nc(-c4cc(OC)cc(OC)c4)no3)CC2=O)c1. The first-order valence-electron chi connectivity index (χ1n) is 9.57. The Balaban J connectivity index is 1.57. The fraction of sp³-hybridized carbons (Fsp3) is 0.318. The summed E-state index contributed by atoms with van der Waals surface area (Å²) in [5.74, 6) is 2.11. The first-order chi connectivity index (χ1) is 14.1. The van der Waals surface area contributed by atoms with Gasteiger partial charge in [0.1, 0.15) is 11.5 Å². The summed E-state index contributed by atoms with van der Waals surface area (Å²) in [4.78, 5) is 18.9. The van der Waals surface area contributed by atoms with Gasteiger partial charge in [0.15, 0.2) is 0 Å². The van der Waals surface area contributed by atoms with Gasteiger partial charge in [-0.2, -0.15) is 4.98 Å². The highest BCUT2D eigenvalue weighted by Gasteiger charge is 2.35. The standard InChI is InChI=1S/C22H23N3O4/c1-4-14-6-5-7-17(8-14)25-13-16(11-20(25)26)22-23-21(24-29-22)15-9-18(27-2)12-19(10-15)28-3/h5-10,12,16H,4,11,13H2,1-3H3. The van der Waals surface area contributed by atoms with Gasteiger partial charge in [-0.15, -0.1) is 0 Å². The van der Waals surface area contributed by atoms with Crippen LogP contribution in [0.4, 0.5) is 5.69 Å². The normalized spacial score (nSPS) is 16.3. The molecule has 1 atom stereocenters. The number of methoxy groups -OCH3 is 2. The number of amides is 1. The highest BCUT2D eigenvalue weighted by Crippen LogP contribution is 2.33. The number of aryl methyl sites for hydroxylation is 1. The van der Waals surface area contributed by atoms with E-state index in [0.717, 1.165) is 17.7 Å². The molecule has 29 heavy (non-hydrogen) atoms. The number of hydrogen-bond acceptors (Lipinski definition) is 6. The van der Waals surface area contributed by atoms with E-state index in [1.54, 1.807) is 25.2 Å². The van der Waals surface area contributed by atoms with Crippen molar-refractivity contribution in [2.75, 3.05) is 25.7 Å². The van der Waals surface area contributed by atoms with E-state index in [1.807, 2.05) is 24.3 Å². The lowest BCUT2D eigenvalue weighted by molar-refractivity contribution is -0.117. The molecule has 1 aliphatic rings. The second-order valence-electron chi connectivity index (χ2n) is 6.99. The van der Waals surface area contributed by atoms with Crippen LogP contribution in [0.1, 0.15) is 30.7 Å². The van der Waals surface area contributed by atoms with E-state index in [1.165, 1.54) is 5.56 Å². The molecule has 0 N–H and O–H groups in total. The summed E-state index contributed by atoms with van der Waals surface area (Å²) in [6.07, 6.45) is 1.27. The van der Waals surface area contributed by atoms with Crippen molar-refractivity contribution in [3.63, 3.8) is 0 Å². The van der Waals surface area contributed by atoms with Crippen LogP contribution in [0.2, 0.25) is 0 Å². The van der Waals surface area contributed by atoms with Crippen LogP contribution in [0.3, 0.4) is 0 Å². The molecule has 7 nitrogen and oxygen atoms in total. The Morgan fingerprint density at radius 2 is 1.90 bits per heavy atom. The number of rotatable bonds is 6. The fourth-order valence-electron chi connectivity index (χ4n) is 3.52. The molecule has 0 aliphatic carbocycles. The van der Waals surface area contributed by atoms with Crippen LogP contribution in [0, 0.1) is 0 Å². The maximum atomic E-state index is 12.6. The molecule has 0 bridgehead atoms. The summed E-state index contributed by atoms with van der Waals surface area (Å²) in [5, 5.41) is 4.10. The monoisotopic (exact) mass is 393 g/mol. The van der Waals surface area contributed by atoms with E-state index < -0.39 is 0 Å². The topological polar surface area (TPSA) is 77.7 Å². The summed E-state index contributed by atoms with van der Waals surface area (Å²) in [6, 6.07) is 13.5. The minimum absolute atomic E-state index is 0.0612. The molecule has 1 aliphatic heterocycles. The third-order valence-corrected chi connectivity index (χ3v) is 5.16. The quantitative estimate of drug-likeness (QED) is 0.633. The van der Waals surface area contributed by atoms with E-state index in [4.69, 9.17) is 14.0 Å². The van der Waals surface area contributed by atoms with Crippen LogP contribution < -0.4 is 14.4 Å². The van der Waals surface area contributed by atoms with Gasteiger partial charge in [0.2, 0.25) is 17.6 Å². The Hall–Kier alpha value is -3.35. The molecule has 0 radical (unpaired) electrons. The van der Waals surface area contributed by atoms with Crippen molar-refractivity contribution in [3.8, 4) is 22.9 Å². The number of nitrogens with zero attached hydrogens (tertiary/aromatic N) is 3. The Bertz CT molecular complexity index is 1010. The van der Waals surface area contributed by atoms with Gasteiger partial charge in [0.25, 0.3) is 0 Å². The van der Waals surface area contributed by atoms with E-state index in [9.17, 15) is 4.79 Å². The predicted molar refractivity (Wildman–Crippen MR) is 108 cm³/mol. The molecular weight excluding hydrogens is 370 g/mol. The molecule has 1 fully saturated rings. The summed E-state index contributed by atoms with van der Waals surface area (Å²) < 4.78 is 16.1. The largest absolute Gasteiger partial charge is 0.497 e. The number of aromatic nitrogens is 2. The molecular formula is C22H23N3O4. The zero-order chi connectivity index (χ0) is 20.4. The van der Waals surface area contributed by atoms with Gasteiger partial charge in [-0.25, -0.2) is 0 Å². The van der Waals surface area contributed by atoms with Gasteiger partial charge in [-0.1, -0.05) is 24.2 Å². The summed E-state index contributed by atoms with van der Waals surface area (Å²) in [6.45, 7) is 2.62. The smallest absolute Gasteiger partial charge is 0.232 e. The number of anilines is 1. The Morgan fingerprint density at radius 1 is 1.14 bits per heavy atom. The molecule has 0 spiro atoms. The van der Waals surface area contributed by atoms with Gasteiger partial charge in [0, 0.05) is 30.3 Å². The van der Waals surface area contributed by atoms with Crippen molar-refractivity contribution in [1.82, 2.24) is 10.1 Å². The number of carbonyl (C=O) groups is 1. The van der Waals surface area contributed by atoms with Crippen molar-refractivity contribution in [2.45, 2.75) is 25.7 Å². The van der Waals surface area contributed by atoms with Crippen LogP contribution in [-0.2, 0) is 11.2 Å². The number of hydrogen-bond donors (Lipinski definition) is 0. The van der Waals surface area contributed by atoms with E-state index in [2.05, 4.69) is 29.2 Å². The summed E-state index contributed by atoms with van der Waals surface area (Å²) >= 11 is 0. The fourth-order valence-corrected chi connectivity index (χ4v) is 3.52. The summed E-state index contributed by atoms with van der Waals surface area (Å²) in [5.41, 5.74) is 2.84. The third kappa shape index (κ3) is 3.81. The molecule has 150 valence electrons. The molecule has 0 saturated carbocycles. The lowest BCUT2D eigenvalue weighted by atomic mass is 10.1. The first-order valence-corrected chi connectivity index (χ1v) is 9.57. The van der Waals surface area contributed by atoms with Crippen LogP contribution in [0.5, 0.6) is 11.5 Å².